The van der Waals surface area contributed by atoms with E-state index < -0.39 is 0 Å². The smallest absolute Gasteiger partial charge is 0.221 e. The maximum Gasteiger partial charge on any atom is 0.221 e. The zero-order valence-electron chi connectivity index (χ0n) is 10.5. The third-order valence-electron chi connectivity index (χ3n) is 2.97. The van der Waals surface area contributed by atoms with Crippen molar-refractivity contribution in [3.63, 3.8) is 0 Å². The van der Waals surface area contributed by atoms with Crippen LogP contribution < -0.4 is 5.32 Å². The van der Waals surface area contributed by atoms with Crippen molar-refractivity contribution in [1.29, 1.82) is 0 Å². The molecule has 0 aliphatic carbocycles. The van der Waals surface area contributed by atoms with Gasteiger partial charge >= 0.3 is 0 Å². The van der Waals surface area contributed by atoms with E-state index >= 15 is 0 Å². The first-order valence-corrected chi connectivity index (χ1v) is 6.96. The average molecular weight is 267 g/mol. The minimum absolute atomic E-state index is 0.0488. The Hall–Kier alpha value is -2.13. The number of carbonyl (C=O) groups is 1. The number of nitrogens with one attached hydrogen (secondary N) is 1. The summed E-state index contributed by atoms with van der Waals surface area (Å²) in [5, 5.41) is 6.24. The number of thiophene rings is 1. The van der Waals surface area contributed by atoms with Gasteiger partial charge in [0, 0.05) is 28.3 Å². The first-order valence-electron chi connectivity index (χ1n) is 6.08. The predicted octanol–water partition coefficient (Wildman–Crippen LogP) is 4.53. The van der Waals surface area contributed by atoms with Crippen LogP contribution in [0.15, 0.2) is 53.9 Å². The Labute approximate surface area is 115 Å². The molecule has 2 nitrogen and oxygen atoms in total. The summed E-state index contributed by atoms with van der Waals surface area (Å²) in [7, 11) is 0. The highest BCUT2D eigenvalue weighted by molar-refractivity contribution is 7.17. The van der Waals surface area contributed by atoms with Crippen molar-refractivity contribution in [3.8, 4) is 11.1 Å². The van der Waals surface area contributed by atoms with Crippen LogP contribution in [0.25, 0.3) is 21.2 Å². The molecule has 0 atom stereocenters. The summed E-state index contributed by atoms with van der Waals surface area (Å²) in [4.78, 5) is 11.1. The Morgan fingerprint density at radius 3 is 2.79 bits per heavy atom. The van der Waals surface area contributed by atoms with Gasteiger partial charge < -0.3 is 5.32 Å². The Bertz CT molecular complexity index is 745. The van der Waals surface area contributed by atoms with E-state index in [-0.39, 0.29) is 5.91 Å². The highest BCUT2D eigenvalue weighted by Gasteiger charge is 2.06. The summed E-state index contributed by atoms with van der Waals surface area (Å²) < 4.78 is 1.28. The molecule has 2 aromatic carbocycles. The second kappa shape index (κ2) is 4.86. The molecule has 0 bridgehead atoms. The van der Waals surface area contributed by atoms with Crippen molar-refractivity contribution in [2.75, 3.05) is 5.32 Å². The summed E-state index contributed by atoms with van der Waals surface area (Å²) in [6, 6.07) is 16.3. The van der Waals surface area contributed by atoms with Crippen LogP contribution in [0.5, 0.6) is 0 Å². The summed E-state index contributed by atoms with van der Waals surface area (Å²) in [6.07, 6.45) is 0. The van der Waals surface area contributed by atoms with Crippen LogP contribution >= 0.6 is 11.3 Å². The molecule has 0 unspecified atom stereocenters. The molecule has 1 amide bonds. The summed E-state index contributed by atoms with van der Waals surface area (Å²) in [6.45, 7) is 1.52. The van der Waals surface area contributed by atoms with E-state index in [0.29, 0.717) is 0 Å². The van der Waals surface area contributed by atoms with Gasteiger partial charge in [0.1, 0.15) is 0 Å². The molecule has 0 radical (unpaired) electrons. The summed E-state index contributed by atoms with van der Waals surface area (Å²) in [5.41, 5.74) is 3.18. The Balaban J connectivity index is 2.09. The van der Waals surface area contributed by atoms with Crippen molar-refractivity contribution < 1.29 is 4.79 Å². The first kappa shape index (κ1) is 11.9. The van der Waals surface area contributed by atoms with E-state index in [0.717, 1.165) is 11.3 Å². The van der Waals surface area contributed by atoms with Crippen LogP contribution in [0, 0.1) is 0 Å². The van der Waals surface area contributed by atoms with Crippen LogP contribution in [-0.4, -0.2) is 5.91 Å². The lowest BCUT2D eigenvalue weighted by Crippen LogP contribution is -2.05. The van der Waals surface area contributed by atoms with Gasteiger partial charge in [-0.15, -0.1) is 11.3 Å². The number of anilines is 1. The maximum absolute atomic E-state index is 11.1. The molecule has 0 aliphatic heterocycles. The monoisotopic (exact) mass is 267 g/mol. The minimum Gasteiger partial charge on any atom is -0.326 e. The molecule has 94 valence electrons. The van der Waals surface area contributed by atoms with E-state index in [2.05, 4.69) is 41.0 Å². The van der Waals surface area contributed by atoms with Gasteiger partial charge in [0.05, 0.1) is 0 Å². The topological polar surface area (TPSA) is 29.1 Å². The van der Waals surface area contributed by atoms with Gasteiger partial charge in [0.2, 0.25) is 5.91 Å². The van der Waals surface area contributed by atoms with Gasteiger partial charge in [0.15, 0.2) is 0 Å². The lowest BCUT2D eigenvalue weighted by atomic mass is 10.0. The molecule has 1 heterocycles. The normalized spacial score (nSPS) is 10.6. The molecule has 3 heteroatoms. The van der Waals surface area contributed by atoms with E-state index in [1.807, 2.05) is 18.2 Å². The number of amides is 1. The highest BCUT2D eigenvalue weighted by atomic mass is 32.1. The lowest BCUT2D eigenvalue weighted by Gasteiger charge is -2.05. The fourth-order valence-electron chi connectivity index (χ4n) is 2.17. The average Bonchev–Trinajstić information content (AvgIpc) is 2.82. The van der Waals surface area contributed by atoms with E-state index in [1.165, 1.54) is 22.6 Å². The second-order valence-corrected chi connectivity index (χ2v) is 5.32. The molecule has 3 aromatic rings. The summed E-state index contributed by atoms with van der Waals surface area (Å²) in [5.74, 6) is -0.0488. The molecule has 0 fully saturated rings. The van der Waals surface area contributed by atoms with Crippen molar-refractivity contribution in [2.24, 2.45) is 0 Å². The van der Waals surface area contributed by atoms with Gasteiger partial charge in [-0.3, -0.25) is 4.79 Å². The Morgan fingerprint density at radius 2 is 1.95 bits per heavy atom. The fourth-order valence-corrected chi connectivity index (χ4v) is 3.14. The maximum atomic E-state index is 11.1. The van der Waals surface area contributed by atoms with Gasteiger partial charge in [-0.25, -0.2) is 0 Å². The number of fused-ring (bicyclic) bond motifs is 1. The number of hydrogen-bond acceptors (Lipinski definition) is 2. The summed E-state index contributed by atoms with van der Waals surface area (Å²) >= 11 is 1.74. The fraction of sp³-hybridized carbons (Fsp3) is 0.0625. The lowest BCUT2D eigenvalue weighted by molar-refractivity contribution is -0.114. The van der Waals surface area contributed by atoms with E-state index in [9.17, 15) is 4.79 Å². The predicted molar refractivity (Wildman–Crippen MR) is 81.6 cm³/mol. The van der Waals surface area contributed by atoms with Crippen molar-refractivity contribution in [2.45, 2.75) is 6.92 Å². The molecular formula is C16H13NOS. The third kappa shape index (κ3) is 2.37. The third-order valence-corrected chi connectivity index (χ3v) is 3.94. The minimum atomic E-state index is -0.0488. The largest absolute Gasteiger partial charge is 0.326 e. The zero-order valence-corrected chi connectivity index (χ0v) is 11.3. The molecule has 0 saturated heterocycles. The number of rotatable bonds is 2. The first-order chi connectivity index (χ1) is 9.24. The van der Waals surface area contributed by atoms with Gasteiger partial charge in [-0.1, -0.05) is 30.3 Å². The van der Waals surface area contributed by atoms with Crippen molar-refractivity contribution in [1.82, 2.24) is 0 Å². The van der Waals surface area contributed by atoms with E-state index in [1.54, 1.807) is 11.3 Å². The van der Waals surface area contributed by atoms with Crippen LogP contribution in [0.1, 0.15) is 6.92 Å². The number of hydrogen-bond donors (Lipinski definition) is 1. The van der Waals surface area contributed by atoms with E-state index in [4.69, 9.17) is 0 Å². The molecule has 0 aliphatic rings. The second-order valence-electron chi connectivity index (χ2n) is 4.41. The standard InChI is InChI=1S/C16H13NOS/c1-11(18)17-13-6-4-5-12(9-13)15-10-19-16-8-3-2-7-14(15)16/h2-10H,1H3,(H,17,18). The SMILES string of the molecule is CC(=O)Nc1cccc(-c2csc3ccccc23)c1. The molecule has 0 spiro atoms. The zero-order chi connectivity index (χ0) is 13.2. The van der Waals surface area contributed by atoms with Crippen LogP contribution in [0.3, 0.4) is 0 Å². The highest BCUT2D eigenvalue weighted by Crippen LogP contribution is 2.34. The van der Waals surface area contributed by atoms with Crippen molar-refractivity contribution >= 4 is 33.0 Å². The van der Waals surface area contributed by atoms with Gasteiger partial charge in [0.25, 0.3) is 0 Å². The quantitative estimate of drug-likeness (QED) is 0.726. The van der Waals surface area contributed by atoms with Crippen LogP contribution in [-0.2, 0) is 4.79 Å². The molecule has 1 aromatic heterocycles. The molecule has 19 heavy (non-hydrogen) atoms. The molecule has 0 saturated carbocycles. The Kier molecular flexibility index (Phi) is 3.05. The van der Waals surface area contributed by atoms with Gasteiger partial charge in [-0.2, -0.15) is 0 Å². The van der Waals surface area contributed by atoms with Crippen molar-refractivity contribution in [3.05, 3.63) is 53.9 Å². The number of benzene rings is 2. The molecular weight excluding hydrogens is 254 g/mol. The van der Waals surface area contributed by atoms with Crippen LogP contribution in [0.2, 0.25) is 0 Å². The van der Waals surface area contributed by atoms with Crippen LogP contribution in [0.4, 0.5) is 5.69 Å². The Morgan fingerprint density at radius 1 is 1.11 bits per heavy atom. The molecule has 1 N–H and O–H groups in total. The van der Waals surface area contributed by atoms with Gasteiger partial charge in [-0.05, 0) is 29.1 Å². The number of carbonyl (C=O) groups excluding carboxylic acids is 1. The molecule has 3 rings (SSSR count).